The highest BCUT2D eigenvalue weighted by molar-refractivity contribution is 7.76. The van der Waals surface area contributed by atoms with Crippen molar-refractivity contribution in [3.8, 4) is 0 Å². The minimum absolute atomic E-state index is 0.600. The third kappa shape index (κ3) is 3.12. The molecule has 2 rings (SSSR count). The van der Waals surface area contributed by atoms with Crippen LogP contribution in [0.5, 0.6) is 0 Å². The van der Waals surface area contributed by atoms with Crippen molar-refractivity contribution in [2.24, 2.45) is 0 Å². The van der Waals surface area contributed by atoms with E-state index in [-0.39, 0.29) is 0 Å². The Morgan fingerprint density at radius 2 is 1.75 bits per heavy atom. The Bertz CT molecular complexity index is 350. The van der Waals surface area contributed by atoms with Crippen molar-refractivity contribution < 1.29 is 8.76 Å². The van der Waals surface area contributed by atoms with Gasteiger partial charge in [0.05, 0.1) is 0 Å². The van der Waals surface area contributed by atoms with Crippen LogP contribution in [0.3, 0.4) is 0 Å². The van der Waals surface area contributed by atoms with Crippen molar-refractivity contribution in [2.45, 2.75) is 6.54 Å². The van der Waals surface area contributed by atoms with Gasteiger partial charge >= 0.3 is 0 Å². The van der Waals surface area contributed by atoms with Gasteiger partial charge in [0.1, 0.15) is 0 Å². The summed E-state index contributed by atoms with van der Waals surface area (Å²) in [5.74, 6) is 0. The highest BCUT2D eigenvalue weighted by Gasteiger charge is 2.16. The molecule has 5 heteroatoms. The summed E-state index contributed by atoms with van der Waals surface area (Å²) >= 11 is -2.06. The Hall–Kier alpha value is -0.750. The first-order valence-corrected chi connectivity index (χ1v) is 6.39. The van der Waals surface area contributed by atoms with E-state index < -0.39 is 11.3 Å². The summed E-state index contributed by atoms with van der Waals surface area (Å²) in [6.07, 6.45) is 0. The third-order valence-electron chi connectivity index (χ3n) is 2.79. The van der Waals surface area contributed by atoms with E-state index in [2.05, 4.69) is 17.0 Å². The van der Waals surface area contributed by atoms with Gasteiger partial charge in [-0.25, -0.2) is 4.31 Å². The van der Waals surface area contributed by atoms with Gasteiger partial charge in [-0.3, -0.25) is 9.11 Å². The van der Waals surface area contributed by atoms with E-state index in [0.717, 1.165) is 19.6 Å². The third-order valence-corrected chi connectivity index (χ3v) is 3.58. The summed E-state index contributed by atoms with van der Waals surface area (Å²) in [7, 11) is 0. The van der Waals surface area contributed by atoms with Crippen LogP contribution < -0.4 is 0 Å². The monoisotopic (exact) mass is 239 g/mol. The molecule has 0 saturated carbocycles. The fraction of sp³-hybridized carbons (Fsp3) is 0.455. The highest BCUT2D eigenvalue weighted by Crippen LogP contribution is 2.08. The van der Waals surface area contributed by atoms with Crippen LogP contribution >= 0.6 is 0 Å². The lowest BCUT2D eigenvalue weighted by Crippen LogP contribution is -2.46. The van der Waals surface area contributed by atoms with Crippen LogP contribution in [0.25, 0.3) is 0 Å². The predicted molar refractivity (Wildman–Crippen MR) is 62.2 cm³/mol. The summed E-state index contributed by atoms with van der Waals surface area (Å²) in [5, 5.41) is 0. The average Bonchev–Trinajstić information content (AvgIpc) is 2.31. The molecule has 1 heterocycles. The van der Waals surface area contributed by atoms with Crippen LogP contribution in [0, 0.1) is 0 Å². The van der Waals surface area contributed by atoms with E-state index in [9.17, 15) is 8.76 Å². The maximum absolute atomic E-state index is 10.7. The molecule has 0 radical (unpaired) electrons. The van der Waals surface area contributed by atoms with Gasteiger partial charge < -0.3 is 4.55 Å². The van der Waals surface area contributed by atoms with E-state index in [4.69, 9.17) is 0 Å². The molecule has 1 saturated heterocycles. The fourth-order valence-corrected chi connectivity index (χ4v) is 2.34. The smallest absolute Gasteiger partial charge is 0.0234 e. The molecule has 1 aromatic carbocycles. The summed E-state index contributed by atoms with van der Waals surface area (Å²) in [6.45, 7) is 3.72. The first kappa shape index (κ1) is 11.7. The molecule has 0 spiro atoms. The number of piperazine rings is 1. The average molecular weight is 239 g/mol. The van der Waals surface area contributed by atoms with Crippen molar-refractivity contribution in [3.63, 3.8) is 0 Å². The molecule has 0 aliphatic carbocycles. The minimum Gasteiger partial charge on any atom is -0.760 e. The topological polar surface area (TPSA) is 46.6 Å². The lowest BCUT2D eigenvalue weighted by molar-refractivity contribution is 0.179. The molecule has 1 fully saturated rings. The van der Waals surface area contributed by atoms with E-state index in [0.29, 0.717) is 13.1 Å². The Labute approximate surface area is 98.3 Å². The Morgan fingerprint density at radius 1 is 1.12 bits per heavy atom. The molecule has 0 aromatic heterocycles. The van der Waals surface area contributed by atoms with Gasteiger partial charge in [-0.05, 0) is 5.56 Å². The highest BCUT2D eigenvalue weighted by atomic mass is 32.2. The maximum atomic E-state index is 10.7. The van der Waals surface area contributed by atoms with Gasteiger partial charge in [0.25, 0.3) is 0 Å². The predicted octanol–water partition coefficient (Wildman–Crippen LogP) is 0.598. The maximum Gasteiger partial charge on any atom is 0.0234 e. The standard InChI is InChI=1S/C11H16N2O2S/c14-16(15)13-8-6-12(7-9-13)10-11-4-2-1-3-5-11/h1-5H,6-10H2,(H,14,15)/p-1. The summed E-state index contributed by atoms with van der Waals surface area (Å²) < 4.78 is 22.9. The molecule has 1 atom stereocenters. The number of hydrogen-bond acceptors (Lipinski definition) is 3. The second kappa shape index (κ2) is 5.54. The molecule has 1 aliphatic rings. The van der Waals surface area contributed by atoms with Gasteiger partial charge in [0, 0.05) is 44.0 Å². The molecule has 4 nitrogen and oxygen atoms in total. The van der Waals surface area contributed by atoms with Gasteiger partial charge in [-0.15, -0.1) is 0 Å². The van der Waals surface area contributed by atoms with E-state index in [1.54, 1.807) is 0 Å². The van der Waals surface area contributed by atoms with E-state index >= 15 is 0 Å². The molecule has 1 aliphatic heterocycles. The minimum atomic E-state index is -2.06. The SMILES string of the molecule is O=S([O-])N1CCN(Cc2ccccc2)CC1. The first-order chi connectivity index (χ1) is 7.75. The molecular weight excluding hydrogens is 224 g/mol. The molecule has 1 aromatic rings. The van der Waals surface area contributed by atoms with Crippen molar-refractivity contribution in [3.05, 3.63) is 35.9 Å². The van der Waals surface area contributed by atoms with Crippen molar-refractivity contribution in [2.75, 3.05) is 26.2 Å². The molecular formula is C11H15N2O2S-. The molecule has 0 bridgehead atoms. The largest absolute Gasteiger partial charge is 0.760 e. The molecule has 0 amide bonds. The number of rotatable bonds is 3. The number of benzene rings is 1. The van der Waals surface area contributed by atoms with Crippen molar-refractivity contribution in [1.29, 1.82) is 0 Å². The molecule has 88 valence electrons. The summed E-state index contributed by atoms with van der Waals surface area (Å²) in [6, 6.07) is 10.2. The first-order valence-electron chi connectivity index (χ1n) is 5.36. The number of hydrogen-bond donors (Lipinski definition) is 0. The Balaban J connectivity index is 1.84. The lowest BCUT2D eigenvalue weighted by atomic mass is 10.2. The molecule has 1 unspecified atom stereocenters. The van der Waals surface area contributed by atoms with Crippen LogP contribution in [0.1, 0.15) is 5.56 Å². The normalized spacial score (nSPS) is 20.8. The van der Waals surface area contributed by atoms with Crippen LogP contribution in [0.4, 0.5) is 0 Å². The molecule has 0 N–H and O–H groups in total. The fourth-order valence-electron chi connectivity index (χ4n) is 1.88. The van der Waals surface area contributed by atoms with E-state index in [1.807, 2.05) is 18.2 Å². The number of nitrogens with zero attached hydrogens (tertiary/aromatic N) is 2. The van der Waals surface area contributed by atoms with Gasteiger partial charge in [-0.1, -0.05) is 30.3 Å². The zero-order valence-corrected chi connectivity index (χ0v) is 9.86. The zero-order valence-electron chi connectivity index (χ0n) is 9.04. The molecule has 16 heavy (non-hydrogen) atoms. The van der Waals surface area contributed by atoms with Gasteiger partial charge in [0.15, 0.2) is 0 Å². The zero-order chi connectivity index (χ0) is 11.4. The van der Waals surface area contributed by atoms with Crippen LogP contribution in [0.2, 0.25) is 0 Å². The Morgan fingerprint density at radius 3 is 2.31 bits per heavy atom. The van der Waals surface area contributed by atoms with Crippen molar-refractivity contribution in [1.82, 2.24) is 9.21 Å². The summed E-state index contributed by atoms with van der Waals surface area (Å²) in [4.78, 5) is 2.28. The lowest BCUT2D eigenvalue weighted by Gasteiger charge is -2.35. The van der Waals surface area contributed by atoms with Gasteiger partial charge in [-0.2, -0.15) is 0 Å². The summed E-state index contributed by atoms with van der Waals surface area (Å²) in [5.41, 5.74) is 1.28. The Kier molecular flexibility index (Phi) is 4.06. The van der Waals surface area contributed by atoms with Crippen LogP contribution in [0.15, 0.2) is 30.3 Å². The van der Waals surface area contributed by atoms with Crippen LogP contribution in [-0.4, -0.2) is 44.1 Å². The quantitative estimate of drug-likeness (QED) is 0.726. The second-order valence-corrected chi connectivity index (χ2v) is 4.86. The van der Waals surface area contributed by atoms with Crippen molar-refractivity contribution >= 4 is 11.3 Å². The van der Waals surface area contributed by atoms with Crippen LogP contribution in [-0.2, 0) is 17.8 Å². The van der Waals surface area contributed by atoms with Gasteiger partial charge in [0.2, 0.25) is 0 Å². The van der Waals surface area contributed by atoms with E-state index in [1.165, 1.54) is 9.87 Å². The second-order valence-electron chi connectivity index (χ2n) is 3.91.